The van der Waals surface area contributed by atoms with Gasteiger partial charge in [0.25, 0.3) is 0 Å². The average Bonchev–Trinajstić information content (AvgIpc) is 2.16. The molecule has 0 saturated carbocycles. The van der Waals surface area contributed by atoms with Crippen molar-refractivity contribution >= 4 is 11.7 Å². The standard InChI is InChI=1S/C10H14N2O3/c1-15-9-3-2-6(4-8(9)12)7(11)5-10(13)14/h2-4,7H,5,11-12H2,1H3,(H,13,14). The van der Waals surface area contributed by atoms with Crippen molar-refractivity contribution in [1.82, 2.24) is 0 Å². The van der Waals surface area contributed by atoms with E-state index in [0.717, 1.165) is 0 Å². The molecule has 0 aliphatic rings. The van der Waals surface area contributed by atoms with E-state index in [-0.39, 0.29) is 6.42 Å². The molecule has 5 N–H and O–H groups in total. The second kappa shape index (κ2) is 4.65. The van der Waals surface area contributed by atoms with Gasteiger partial charge in [-0.3, -0.25) is 4.79 Å². The van der Waals surface area contributed by atoms with Crippen LogP contribution in [0.25, 0.3) is 0 Å². The van der Waals surface area contributed by atoms with Crippen LogP contribution >= 0.6 is 0 Å². The molecule has 0 heterocycles. The molecule has 0 fully saturated rings. The highest BCUT2D eigenvalue weighted by molar-refractivity contribution is 5.68. The van der Waals surface area contributed by atoms with E-state index in [2.05, 4.69) is 0 Å². The van der Waals surface area contributed by atoms with Gasteiger partial charge in [0.2, 0.25) is 0 Å². The summed E-state index contributed by atoms with van der Waals surface area (Å²) in [5.74, 6) is -0.377. The molecule has 1 aromatic rings. The van der Waals surface area contributed by atoms with Crippen molar-refractivity contribution in [2.24, 2.45) is 5.73 Å². The van der Waals surface area contributed by atoms with Crippen molar-refractivity contribution in [2.45, 2.75) is 12.5 Å². The topological polar surface area (TPSA) is 98.6 Å². The number of nitrogen functional groups attached to an aromatic ring is 1. The molecule has 5 nitrogen and oxygen atoms in total. The number of carbonyl (C=O) groups is 1. The first-order chi connectivity index (χ1) is 7.04. The van der Waals surface area contributed by atoms with Gasteiger partial charge < -0.3 is 21.3 Å². The highest BCUT2D eigenvalue weighted by Gasteiger charge is 2.11. The zero-order chi connectivity index (χ0) is 11.4. The Kier molecular flexibility index (Phi) is 3.51. The lowest BCUT2D eigenvalue weighted by Crippen LogP contribution is -2.15. The predicted molar refractivity (Wildman–Crippen MR) is 56.6 cm³/mol. The maximum absolute atomic E-state index is 10.5. The molecule has 1 rings (SSSR count). The van der Waals surface area contributed by atoms with Crippen LogP contribution < -0.4 is 16.2 Å². The Labute approximate surface area is 87.6 Å². The monoisotopic (exact) mass is 210 g/mol. The van der Waals surface area contributed by atoms with Gasteiger partial charge in [-0.15, -0.1) is 0 Å². The van der Waals surface area contributed by atoms with Crippen molar-refractivity contribution in [3.8, 4) is 5.75 Å². The zero-order valence-electron chi connectivity index (χ0n) is 8.43. The lowest BCUT2D eigenvalue weighted by molar-refractivity contribution is -0.137. The summed E-state index contributed by atoms with van der Waals surface area (Å²) in [6, 6.07) is 4.47. The van der Waals surface area contributed by atoms with Gasteiger partial charge in [0.05, 0.1) is 19.2 Å². The number of anilines is 1. The molecule has 5 heteroatoms. The van der Waals surface area contributed by atoms with Crippen LogP contribution in [0.15, 0.2) is 18.2 Å². The minimum absolute atomic E-state index is 0.119. The number of nitrogens with two attached hydrogens (primary N) is 2. The fourth-order valence-electron chi connectivity index (χ4n) is 1.29. The number of benzene rings is 1. The van der Waals surface area contributed by atoms with E-state index in [0.29, 0.717) is 17.0 Å². The van der Waals surface area contributed by atoms with Crippen LogP contribution in [-0.4, -0.2) is 18.2 Å². The number of rotatable bonds is 4. The number of ether oxygens (including phenoxy) is 1. The van der Waals surface area contributed by atoms with Gasteiger partial charge >= 0.3 is 5.97 Å². The van der Waals surface area contributed by atoms with Crippen LogP contribution in [0.4, 0.5) is 5.69 Å². The summed E-state index contributed by atoms with van der Waals surface area (Å²) in [6.45, 7) is 0. The number of methoxy groups -OCH3 is 1. The summed E-state index contributed by atoms with van der Waals surface area (Å²) in [6.07, 6.45) is -0.119. The van der Waals surface area contributed by atoms with E-state index in [1.165, 1.54) is 7.11 Å². The Morgan fingerprint density at radius 2 is 2.27 bits per heavy atom. The highest BCUT2D eigenvalue weighted by atomic mass is 16.5. The molecule has 0 bridgehead atoms. The summed E-state index contributed by atoms with van der Waals surface area (Å²) in [5.41, 5.74) is 12.5. The van der Waals surface area contributed by atoms with E-state index < -0.39 is 12.0 Å². The van der Waals surface area contributed by atoms with Crippen LogP contribution in [0.2, 0.25) is 0 Å². The Hall–Kier alpha value is -1.75. The van der Waals surface area contributed by atoms with Crippen LogP contribution in [-0.2, 0) is 4.79 Å². The molecule has 0 spiro atoms. The third-order valence-electron chi connectivity index (χ3n) is 2.08. The average molecular weight is 210 g/mol. The maximum Gasteiger partial charge on any atom is 0.305 e. The number of hydrogen-bond donors (Lipinski definition) is 3. The first kappa shape index (κ1) is 11.3. The van der Waals surface area contributed by atoms with Crippen molar-refractivity contribution in [3.63, 3.8) is 0 Å². The second-order valence-electron chi connectivity index (χ2n) is 3.21. The van der Waals surface area contributed by atoms with Gasteiger partial charge in [-0.25, -0.2) is 0 Å². The number of carboxylic acids is 1. The van der Waals surface area contributed by atoms with E-state index in [4.69, 9.17) is 21.3 Å². The van der Waals surface area contributed by atoms with Gasteiger partial charge in [0, 0.05) is 6.04 Å². The first-order valence-corrected chi connectivity index (χ1v) is 4.45. The maximum atomic E-state index is 10.5. The molecule has 1 atom stereocenters. The Balaban J connectivity index is 2.87. The molecule has 0 radical (unpaired) electrons. The molecule has 82 valence electrons. The van der Waals surface area contributed by atoms with E-state index in [9.17, 15) is 4.79 Å². The van der Waals surface area contributed by atoms with Crippen molar-refractivity contribution in [2.75, 3.05) is 12.8 Å². The van der Waals surface area contributed by atoms with Gasteiger partial charge in [-0.2, -0.15) is 0 Å². The van der Waals surface area contributed by atoms with Crippen LogP contribution in [0.5, 0.6) is 5.75 Å². The van der Waals surface area contributed by atoms with E-state index in [1.54, 1.807) is 18.2 Å². The highest BCUT2D eigenvalue weighted by Crippen LogP contribution is 2.25. The molecule has 0 aliphatic heterocycles. The number of aliphatic carboxylic acids is 1. The molecular weight excluding hydrogens is 196 g/mol. The minimum atomic E-state index is -0.933. The summed E-state index contributed by atoms with van der Waals surface area (Å²) in [4.78, 5) is 10.5. The SMILES string of the molecule is COc1ccc(C(N)CC(=O)O)cc1N. The van der Waals surface area contributed by atoms with Gasteiger partial charge in [0.15, 0.2) is 0 Å². The van der Waals surface area contributed by atoms with Gasteiger partial charge in [-0.05, 0) is 17.7 Å². The molecule has 0 amide bonds. The number of hydrogen-bond acceptors (Lipinski definition) is 4. The van der Waals surface area contributed by atoms with E-state index >= 15 is 0 Å². The van der Waals surface area contributed by atoms with Crippen molar-refractivity contribution < 1.29 is 14.6 Å². The quantitative estimate of drug-likeness (QED) is 0.637. The lowest BCUT2D eigenvalue weighted by atomic mass is 10.0. The van der Waals surface area contributed by atoms with Crippen LogP contribution in [0, 0.1) is 0 Å². The first-order valence-electron chi connectivity index (χ1n) is 4.45. The molecule has 0 aromatic heterocycles. The molecule has 0 aliphatic carbocycles. The normalized spacial score (nSPS) is 12.1. The zero-order valence-corrected chi connectivity index (χ0v) is 8.43. The largest absolute Gasteiger partial charge is 0.495 e. The minimum Gasteiger partial charge on any atom is -0.495 e. The molecule has 15 heavy (non-hydrogen) atoms. The summed E-state index contributed by atoms with van der Waals surface area (Å²) < 4.78 is 4.98. The second-order valence-corrected chi connectivity index (χ2v) is 3.21. The molecule has 1 unspecified atom stereocenters. The third kappa shape index (κ3) is 2.85. The lowest BCUT2D eigenvalue weighted by Gasteiger charge is -2.11. The summed E-state index contributed by atoms with van der Waals surface area (Å²) >= 11 is 0. The number of carboxylic acid groups (broad SMARTS) is 1. The molecular formula is C10H14N2O3. The van der Waals surface area contributed by atoms with Gasteiger partial charge in [0.1, 0.15) is 5.75 Å². The fourth-order valence-corrected chi connectivity index (χ4v) is 1.29. The Morgan fingerprint density at radius 1 is 1.60 bits per heavy atom. The van der Waals surface area contributed by atoms with Gasteiger partial charge in [-0.1, -0.05) is 6.07 Å². The predicted octanol–water partition coefficient (Wildman–Crippen LogP) is 0.752. The van der Waals surface area contributed by atoms with Crippen molar-refractivity contribution in [3.05, 3.63) is 23.8 Å². The van der Waals surface area contributed by atoms with E-state index in [1.807, 2.05) is 0 Å². The summed E-state index contributed by atoms with van der Waals surface area (Å²) in [5, 5.41) is 8.58. The Morgan fingerprint density at radius 3 is 2.73 bits per heavy atom. The molecule has 1 aromatic carbocycles. The third-order valence-corrected chi connectivity index (χ3v) is 2.08. The van der Waals surface area contributed by atoms with Crippen molar-refractivity contribution in [1.29, 1.82) is 0 Å². The smallest absolute Gasteiger partial charge is 0.305 e. The Bertz CT molecular complexity index is 366. The summed E-state index contributed by atoms with van der Waals surface area (Å²) in [7, 11) is 1.52. The fraction of sp³-hybridized carbons (Fsp3) is 0.300. The molecule has 0 saturated heterocycles. The van der Waals surface area contributed by atoms with Crippen LogP contribution in [0.1, 0.15) is 18.0 Å². The van der Waals surface area contributed by atoms with Crippen LogP contribution in [0.3, 0.4) is 0 Å².